The molecule has 18 heavy (non-hydrogen) atoms. The van der Waals surface area contributed by atoms with E-state index in [9.17, 15) is 0 Å². The highest BCUT2D eigenvalue weighted by molar-refractivity contribution is 4.96. The minimum atomic E-state index is 0.252. The molecule has 0 aromatic heterocycles. The monoisotopic (exact) mass is 254 g/mol. The van der Waals surface area contributed by atoms with Gasteiger partial charge in [-0.3, -0.25) is 4.90 Å². The van der Waals surface area contributed by atoms with Gasteiger partial charge >= 0.3 is 0 Å². The first-order valence-corrected chi connectivity index (χ1v) is 7.80. The Hall–Kier alpha value is -0.0800. The number of nitrogens with two attached hydrogens (primary N) is 1. The van der Waals surface area contributed by atoms with E-state index in [1.807, 2.05) is 0 Å². The number of hydrogen-bond donors (Lipinski definition) is 1. The van der Waals surface area contributed by atoms with Gasteiger partial charge in [0.1, 0.15) is 0 Å². The molecule has 0 bridgehead atoms. The normalized spacial score (nSPS) is 30.2. The summed E-state index contributed by atoms with van der Waals surface area (Å²) < 4.78 is 0. The third kappa shape index (κ3) is 3.71. The Morgan fingerprint density at radius 3 is 2.39 bits per heavy atom. The van der Waals surface area contributed by atoms with Crippen molar-refractivity contribution in [2.24, 2.45) is 11.1 Å². The quantitative estimate of drug-likeness (QED) is 0.756. The fourth-order valence-electron chi connectivity index (χ4n) is 3.50. The Morgan fingerprint density at radius 1 is 1.17 bits per heavy atom. The highest BCUT2D eigenvalue weighted by atomic mass is 15.2. The second kappa shape index (κ2) is 6.38. The first-order chi connectivity index (χ1) is 8.37. The molecule has 1 rings (SSSR count). The van der Waals surface area contributed by atoms with Crippen molar-refractivity contribution >= 4 is 0 Å². The van der Waals surface area contributed by atoms with Crippen LogP contribution in [-0.2, 0) is 0 Å². The SMILES string of the molecule is CCCC(C)N(C)C1(CN)CCCC(C)(C)CC1. The average molecular weight is 254 g/mol. The van der Waals surface area contributed by atoms with Gasteiger partial charge in [-0.05, 0) is 51.5 Å². The first kappa shape index (κ1) is 16.0. The standard InChI is InChI=1S/C16H34N2/c1-6-8-14(2)18(5)16(13-17)10-7-9-15(3,4)11-12-16/h14H,6-13,17H2,1-5H3. The Bertz CT molecular complexity index is 249. The van der Waals surface area contributed by atoms with Crippen molar-refractivity contribution in [2.75, 3.05) is 13.6 Å². The predicted octanol–water partition coefficient (Wildman–Crippen LogP) is 3.79. The molecule has 2 atom stereocenters. The second-order valence-corrected chi connectivity index (χ2v) is 7.19. The predicted molar refractivity (Wildman–Crippen MR) is 80.8 cm³/mol. The van der Waals surface area contributed by atoms with Crippen LogP contribution in [0.5, 0.6) is 0 Å². The highest BCUT2D eigenvalue weighted by Crippen LogP contribution is 2.40. The molecule has 2 heteroatoms. The van der Waals surface area contributed by atoms with Crippen molar-refractivity contribution in [1.29, 1.82) is 0 Å². The summed E-state index contributed by atoms with van der Waals surface area (Å²) >= 11 is 0. The van der Waals surface area contributed by atoms with Gasteiger partial charge in [0.25, 0.3) is 0 Å². The van der Waals surface area contributed by atoms with Gasteiger partial charge in [0.15, 0.2) is 0 Å². The summed E-state index contributed by atoms with van der Waals surface area (Å²) in [5.41, 5.74) is 6.95. The van der Waals surface area contributed by atoms with Crippen molar-refractivity contribution in [2.45, 2.75) is 84.2 Å². The fraction of sp³-hybridized carbons (Fsp3) is 1.00. The summed E-state index contributed by atoms with van der Waals surface area (Å²) in [6.07, 6.45) is 9.07. The molecule has 1 fully saturated rings. The Morgan fingerprint density at radius 2 is 1.83 bits per heavy atom. The summed E-state index contributed by atoms with van der Waals surface area (Å²) in [6, 6.07) is 0.653. The van der Waals surface area contributed by atoms with E-state index in [-0.39, 0.29) is 5.54 Å². The number of nitrogens with zero attached hydrogens (tertiary/aromatic N) is 1. The van der Waals surface area contributed by atoms with E-state index in [1.165, 1.54) is 44.9 Å². The molecule has 0 aliphatic heterocycles. The average Bonchev–Trinajstić information content (AvgIpc) is 2.48. The zero-order valence-electron chi connectivity index (χ0n) is 13.3. The molecule has 0 aromatic carbocycles. The van der Waals surface area contributed by atoms with E-state index in [2.05, 4.69) is 39.6 Å². The molecule has 1 saturated carbocycles. The van der Waals surface area contributed by atoms with Crippen LogP contribution in [-0.4, -0.2) is 30.1 Å². The van der Waals surface area contributed by atoms with Crippen LogP contribution in [0.25, 0.3) is 0 Å². The summed E-state index contributed by atoms with van der Waals surface area (Å²) in [4.78, 5) is 2.60. The maximum atomic E-state index is 6.19. The van der Waals surface area contributed by atoms with Crippen LogP contribution in [0, 0.1) is 5.41 Å². The van der Waals surface area contributed by atoms with Gasteiger partial charge in [0.2, 0.25) is 0 Å². The van der Waals surface area contributed by atoms with E-state index in [4.69, 9.17) is 5.73 Å². The molecule has 0 amide bonds. The molecule has 2 unspecified atom stereocenters. The molecule has 0 aromatic rings. The molecule has 0 heterocycles. The lowest BCUT2D eigenvalue weighted by Gasteiger charge is -2.44. The number of rotatable bonds is 5. The lowest BCUT2D eigenvalue weighted by atomic mass is 9.82. The summed E-state index contributed by atoms with van der Waals surface area (Å²) in [6.45, 7) is 10.3. The van der Waals surface area contributed by atoms with Crippen LogP contribution in [0.15, 0.2) is 0 Å². The molecule has 1 aliphatic rings. The Kier molecular flexibility index (Phi) is 5.67. The zero-order valence-corrected chi connectivity index (χ0v) is 13.3. The smallest absolute Gasteiger partial charge is 0.0331 e. The van der Waals surface area contributed by atoms with Crippen LogP contribution < -0.4 is 5.73 Å². The first-order valence-electron chi connectivity index (χ1n) is 7.80. The fourth-order valence-corrected chi connectivity index (χ4v) is 3.50. The largest absolute Gasteiger partial charge is 0.329 e. The van der Waals surface area contributed by atoms with Crippen molar-refractivity contribution in [3.8, 4) is 0 Å². The number of hydrogen-bond acceptors (Lipinski definition) is 2. The molecular formula is C16H34N2. The van der Waals surface area contributed by atoms with Crippen molar-refractivity contribution in [3.05, 3.63) is 0 Å². The maximum absolute atomic E-state index is 6.19. The molecule has 108 valence electrons. The zero-order chi connectivity index (χ0) is 13.8. The minimum Gasteiger partial charge on any atom is -0.329 e. The molecule has 1 aliphatic carbocycles. The highest BCUT2D eigenvalue weighted by Gasteiger charge is 2.39. The lowest BCUT2D eigenvalue weighted by molar-refractivity contribution is 0.0629. The van der Waals surface area contributed by atoms with Crippen LogP contribution >= 0.6 is 0 Å². The van der Waals surface area contributed by atoms with Gasteiger partial charge in [-0.25, -0.2) is 0 Å². The van der Waals surface area contributed by atoms with Gasteiger partial charge in [0.05, 0.1) is 0 Å². The van der Waals surface area contributed by atoms with E-state index >= 15 is 0 Å². The molecule has 0 saturated heterocycles. The summed E-state index contributed by atoms with van der Waals surface area (Å²) in [5.74, 6) is 0. The lowest BCUT2D eigenvalue weighted by Crippen LogP contribution is -2.55. The molecular weight excluding hydrogens is 220 g/mol. The third-order valence-electron chi connectivity index (χ3n) is 5.26. The van der Waals surface area contributed by atoms with Crippen molar-refractivity contribution < 1.29 is 0 Å². The topological polar surface area (TPSA) is 29.3 Å². The molecule has 0 radical (unpaired) electrons. The van der Waals surface area contributed by atoms with Gasteiger partial charge in [-0.15, -0.1) is 0 Å². The second-order valence-electron chi connectivity index (χ2n) is 7.19. The van der Waals surface area contributed by atoms with Gasteiger partial charge in [0, 0.05) is 18.1 Å². The van der Waals surface area contributed by atoms with E-state index in [0.29, 0.717) is 11.5 Å². The summed E-state index contributed by atoms with van der Waals surface area (Å²) in [7, 11) is 2.30. The molecule has 2 nitrogen and oxygen atoms in total. The maximum Gasteiger partial charge on any atom is 0.0331 e. The molecule has 0 spiro atoms. The van der Waals surface area contributed by atoms with E-state index < -0.39 is 0 Å². The van der Waals surface area contributed by atoms with Gasteiger partial charge < -0.3 is 5.73 Å². The summed E-state index contributed by atoms with van der Waals surface area (Å²) in [5, 5.41) is 0. The number of likely N-dealkylation sites (N-methyl/N-ethyl adjacent to an activating group) is 1. The van der Waals surface area contributed by atoms with E-state index in [1.54, 1.807) is 0 Å². The van der Waals surface area contributed by atoms with Gasteiger partial charge in [-0.2, -0.15) is 0 Å². The van der Waals surface area contributed by atoms with Crippen LogP contribution in [0.3, 0.4) is 0 Å². The third-order valence-corrected chi connectivity index (χ3v) is 5.26. The molecule has 2 N–H and O–H groups in total. The van der Waals surface area contributed by atoms with Crippen molar-refractivity contribution in [1.82, 2.24) is 4.90 Å². The van der Waals surface area contributed by atoms with Gasteiger partial charge in [-0.1, -0.05) is 33.6 Å². The van der Waals surface area contributed by atoms with Crippen LogP contribution in [0.4, 0.5) is 0 Å². The van der Waals surface area contributed by atoms with E-state index in [0.717, 1.165) is 6.54 Å². The Labute approximate surface area is 114 Å². The van der Waals surface area contributed by atoms with Crippen LogP contribution in [0.2, 0.25) is 0 Å². The Balaban J connectivity index is 2.78. The van der Waals surface area contributed by atoms with Crippen LogP contribution in [0.1, 0.15) is 72.6 Å². The minimum absolute atomic E-state index is 0.252. The van der Waals surface area contributed by atoms with Crippen molar-refractivity contribution in [3.63, 3.8) is 0 Å².